The molecule has 0 aliphatic heterocycles. The Balaban J connectivity index is 1.26. The lowest BCUT2D eigenvalue weighted by atomic mass is 9.79. The van der Waals surface area contributed by atoms with Crippen LogP contribution in [0.4, 0.5) is 5.82 Å². The van der Waals surface area contributed by atoms with Gasteiger partial charge in [-0.25, -0.2) is 4.68 Å². The molecule has 2 atom stereocenters. The minimum atomic E-state index is -4.26. The van der Waals surface area contributed by atoms with Crippen LogP contribution in [0.25, 0.3) is 0 Å². The molecule has 4 saturated carbocycles. The van der Waals surface area contributed by atoms with Crippen LogP contribution in [0.5, 0.6) is 0 Å². The zero-order chi connectivity index (χ0) is 30.0. The summed E-state index contributed by atoms with van der Waals surface area (Å²) in [5.74, 6) is 2.00. The molecular weight excluding hydrogens is 595 g/mol. The van der Waals surface area contributed by atoms with Crippen molar-refractivity contribution >= 4 is 39.1 Å². The Morgan fingerprint density at radius 3 is 1.83 bits per heavy atom. The van der Waals surface area contributed by atoms with Crippen molar-refractivity contribution in [3.63, 3.8) is 0 Å². The van der Waals surface area contributed by atoms with E-state index in [1.807, 2.05) is 0 Å². The first-order valence-electron chi connectivity index (χ1n) is 16.0. The van der Waals surface area contributed by atoms with Crippen LogP contribution >= 0.6 is 23.2 Å². The second-order valence-corrected chi connectivity index (χ2v) is 16.3. The Morgan fingerprint density at radius 2 is 1.38 bits per heavy atom. The third-order valence-electron chi connectivity index (χ3n) is 10.5. The average Bonchev–Trinajstić information content (AvgIpc) is 3.36. The van der Waals surface area contributed by atoms with Gasteiger partial charge in [-0.05, 0) is 102 Å². The molecule has 0 amide bonds. The fourth-order valence-corrected chi connectivity index (χ4v) is 10.2. The minimum Gasteiger partial charge on any atom is -0.294 e. The Kier molecular flexibility index (Phi) is 10.6. The van der Waals surface area contributed by atoms with E-state index in [2.05, 4.69) is 35.0 Å². The first-order valence-corrected chi connectivity index (χ1v) is 18.3. The van der Waals surface area contributed by atoms with E-state index in [1.165, 1.54) is 62.2 Å². The first kappa shape index (κ1) is 32.2. The Morgan fingerprint density at radius 1 is 0.905 bits per heavy atom. The maximum Gasteiger partial charge on any atom is 0.267 e. The molecule has 0 radical (unpaired) electrons. The van der Waals surface area contributed by atoms with Crippen molar-refractivity contribution in [3.8, 4) is 6.07 Å². The number of aromatic nitrogens is 2. The van der Waals surface area contributed by atoms with Gasteiger partial charge in [0.25, 0.3) is 10.1 Å². The van der Waals surface area contributed by atoms with Crippen LogP contribution in [0.1, 0.15) is 115 Å². The van der Waals surface area contributed by atoms with Crippen LogP contribution in [0.2, 0.25) is 0 Å². The molecular formula is C30H46Cl2N6O3S. The van der Waals surface area contributed by atoms with Crippen molar-refractivity contribution in [3.05, 3.63) is 11.8 Å². The van der Waals surface area contributed by atoms with Gasteiger partial charge < -0.3 is 0 Å². The summed E-state index contributed by atoms with van der Waals surface area (Å²) in [5, 5.41) is 20.9. The summed E-state index contributed by atoms with van der Waals surface area (Å²) in [6.45, 7) is 4.79. The second-order valence-electron chi connectivity index (χ2n) is 13.5. The van der Waals surface area contributed by atoms with E-state index in [0.717, 1.165) is 37.5 Å². The Labute approximate surface area is 261 Å². The quantitative estimate of drug-likeness (QED) is 0.188. The molecule has 1 aromatic heterocycles. The molecule has 1 N–H and O–H groups in total. The zero-order valence-corrected chi connectivity index (χ0v) is 27.2. The van der Waals surface area contributed by atoms with E-state index in [-0.39, 0.29) is 24.4 Å². The number of hydrogen-bond acceptors (Lipinski definition) is 7. The molecule has 0 aromatic carbocycles. The van der Waals surface area contributed by atoms with E-state index in [4.69, 9.17) is 28.3 Å². The number of alkyl halides is 2. The molecule has 0 spiro atoms. The largest absolute Gasteiger partial charge is 0.294 e. The van der Waals surface area contributed by atoms with Gasteiger partial charge in [-0.3, -0.25) is 9.45 Å². The van der Waals surface area contributed by atoms with E-state index in [1.54, 1.807) is 0 Å². The van der Waals surface area contributed by atoms with Gasteiger partial charge in [0.1, 0.15) is 11.6 Å². The summed E-state index contributed by atoms with van der Waals surface area (Å²) in [5.41, 5.74) is 0.279. The lowest BCUT2D eigenvalue weighted by Crippen LogP contribution is -2.52. The molecule has 5 rings (SSSR count). The molecule has 12 heteroatoms. The van der Waals surface area contributed by atoms with Crippen molar-refractivity contribution in [2.24, 2.45) is 22.1 Å². The van der Waals surface area contributed by atoms with Crippen molar-refractivity contribution in [2.75, 3.05) is 0 Å². The lowest BCUT2D eigenvalue weighted by molar-refractivity contribution is 0.00967. The molecule has 4 aliphatic rings. The predicted molar refractivity (Wildman–Crippen MR) is 165 cm³/mol. The minimum absolute atomic E-state index is 0.0347. The van der Waals surface area contributed by atoms with Crippen LogP contribution in [0, 0.1) is 23.2 Å². The monoisotopic (exact) mass is 640 g/mol. The highest BCUT2D eigenvalue weighted by atomic mass is 35.5. The van der Waals surface area contributed by atoms with Crippen molar-refractivity contribution in [1.29, 1.82) is 5.26 Å². The fraction of sp³-hybridized carbons (Fsp3) is 0.867. The first-order chi connectivity index (χ1) is 20.0. The summed E-state index contributed by atoms with van der Waals surface area (Å²) >= 11 is 13.2. The molecule has 2 unspecified atom stereocenters. The molecule has 4 fully saturated rings. The lowest BCUT2D eigenvalue weighted by Gasteiger charge is -2.49. The van der Waals surface area contributed by atoms with E-state index in [9.17, 15) is 18.2 Å². The van der Waals surface area contributed by atoms with Gasteiger partial charge in [0, 0.05) is 18.1 Å². The van der Waals surface area contributed by atoms with Gasteiger partial charge in [-0.1, -0.05) is 13.8 Å². The number of rotatable bonds is 7. The Bertz CT molecular complexity index is 1190. The van der Waals surface area contributed by atoms with Gasteiger partial charge in [-0.2, -0.15) is 23.9 Å². The molecule has 1 heterocycles. The van der Waals surface area contributed by atoms with Crippen molar-refractivity contribution < 1.29 is 13.0 Å². The molecule has 0 bridgehead atoms. The fourth-order valence-electron chi connectivity index (χ4n) is 7.99. The van der Waals surface area contributed by atoms with Crippen LogP contribution in [0.3, 0.4) is 0 Å². The molecule has 1 aromatic rings. The predicted octanol–water partition coefficient (Wildman–Crippen LogP) is 7.42. The number of nitrogens with zero attached hydrogens (tertiary/aromatic N) is 6. The highest BCUT2D eigenvalue weighted by Gasteiger charge is 2.43. The van der Waals surface area contributed by atoms with E-state index in [0.29, 0.717) is 23.9 Å². The Hall–Kier alpha value is -1.25. The zero-order valence-electron chi connectivity index (χ0n) is 24.9. The standard InChI is InChI=1S/C30H46Cl2N6O3S/c1-19-3-9-23(10-4-19)37(24-11-5-20(2)6-12-24)25-13-7-22(8-14-25)35-36-30-21(17-33)18-34-38(30)29-27(31)15-26(16-28(29)32)42(39,40)41/h18-20,22-29H,3-16H2,1-2H3,(H,39,40,41). The third-order valence-corrected chi connectivity index (χ3v) is 12.6. The van der Waals surface area contributed by atoms with Crippen molar-refractivity contribution in [2.45, 2.75) is 150 Å². The van der Waals surface area contributed by atoms with Crippen LogP contribution in [-0.4, -0.2) is 67.8 Å². The molecule has 9 nitrogen and oxygen atoms in total. The number of nitriles is 1. The maximum atomic E-state index is 11.7. The molecule has 0 saturated heterocycles. The topological polar surface area (TPSA) is 124 Å². The smallest absolute Gasteiger partial charge is 0.267 e. The van der Waals surface area contributed by atoms with E-state index < -0.39 is 32.2 Å². The highest BCUT2D eigenvalue weighted by molar-refractivity contribution is 7.86. The van der Waals surface area contributed by atoms with Gasteiger partial charge >= 0.3 is 0 Å². The third kappa shape index (κ3) is 7.34. The highest BCUT2D eigenvalue weighted by Crippen LogP contribution is 2.42. The van der Waals surface area contributed by atoms with Crippen LogP contribution in [-0.2, 0) is 10.1 Å². The molecule has 234 valence electrons. The van der Waals surface area contributed by atoms with Gasteiger partial charge in [0.05, 0.1) is 34.3 Å². The van der Waals surface area contributed by atoms with Gasteiger partial charge in [-0.15, -0.1) is 28.3 Å². The molecule has 42 heavy (non-hydrogen) atoms. The average molecular weight is 642 g/mol. The van der Waals surface area contributed by atoms with E-state index >= 15 is 0 Å². The van der Waals surface area contributed by atoms with Gasteiger partial charge in [0.15, 0.2) is 5.82 Å². The normalized spacial score (nSPS) is 38.5. The maximum absolute atomic E-state index is 11.7. The van der Waals surface area contributed by atoms with Crippen molar-refractivity contribution in [1.82, 2.24) is 14.7 Å². The summed E-state index contributed by atoms with van der Waals surface area (Å²) in [6, 6.07) is 3.64. The molecule has 4 aliphatic carbocycles. The van der Waals surface area contributed by atoms with Gasteiger partial charge in [0.2, 0.25) is 0 Å². The second kappa shape index (κ2) is 13.8. The summed E-state index contributed by atoms with van der Waals surface area (Å²) in [7, 11) is -4.26. The number of azo groups is 1. The number of hydrogen-bond donors (Lipinski definition) is 1. The van der Waals surface area contributed by atoms with Crippen LogP contribution in [0.15, 0.2) is 16.4 Å². The number of halogens is 2. The summed E-state index contributed by atoms with van der Waals surface area (Å²) < 4.78 is 34.5. The summed E-state index contributed by atoms with van der Waals surface area (Å²) in [6.07, 6.45) is 16.3. The summed E-state index contributed by atoms with van der Waals surface area (Å²) in [4.78, 5) is 2.96. The SMILES string of the molecule is CC1CCC(N(C2CCC(C)CC2)C2CCC(N=Nc3c(C#N)cnn3C3C(Cl)CC(S(=O)(=O)O)CC3Cl)CC2)CC1. The van der Waals surface area contributed by atoms with Crippen LogP contribution < -0.4 is 0 Å².